The van der Waals surface area contributed by atoms with Crippen molar-refractivity contribution in [3.63, 3.8) is 0 Å². The second kappa shape index (κ2) is 18.6. The zero-order valence-electron chi connectivity index (χ0n) is 31.9. The number of allylic oxidation sites excluding steroid dienone is 2. The quantitative estimate of drug-likeness (QED) is 0.0780. The van der Waals surface area contributed by atoms with Gasteiger partial charge in [-0.05, 0) is 90.8 Å². The number of furan rings is 1. The summed E-state index contributed by atoms with van der Waals surface area (Å²) in [5.74, 6) is 0.619. The second-order valence-corrected chi connectivity index (χ2v) is 16.6. The zero-order valence-corrected chi connectivity index (χ0v) is 33.5. The van der Waals surface area contributed by atoms with Crippen molar-refractivity contribution >= 4 is 43.0 Å². The van der Waals surface area contributed by atoms with Crippen molar-refractivity contribution in [2.24, 2.45) is 0 Å². The third kappa shape index (κ3) is 11.3. The molecule has 57 heavy (non-hydrogen) atoms. The molecule has 0 saturated carbocycles. The molecular formula is C45H45N2O8S2-. The largest absolute Gasteiger partial charge is 0.748 e. The lowest BCUT2D eigenvalue weighted by atomic mass is 9.99. The first-order valence-electron chi connectivity index (χ1n) is 18.9. The molecule has 10 nitrogen and oxygen atoms in total. The summed E-state index contributed by atoms with van der Waals surface area (Å²) in [5.41, 5.74) is 6.97. The molecule has 2 aromatic heterocycles. The van der Waals surface area contributed by atoms with Gasteiger partial charge < -0.3 is 23.2 Å². The van der Waals surface area contributed by atoms with Crippen molar-refractivity contribution in [1.82, 2.24) is 0 Å². The molecule has 0 unspecified atom stereocenters. The molecule has 0 N–H and O–H groups in total. The summed E-state index contributed by atoms with van der Waals surface area (Å²) in [6.45, 7) is 5.39. The van der Waals surface area contributed by atoms with E-state index in [2.05, 4.69) is 23.9 Å². The number of anilines is 1. The summed E-state index contributed by atoms with van der Waals surface area (Å²) in [5, 5.41) is 0.831. The Labute approximate surface area is 334 Å². The van der Waals surface area contributed by atoms with Crippen LogP contribution in [0.1, 0.15) is 44.4 Å². The van der Waals surface area contributed by atoms with Gasteiger partial charge in [-0.15, -0.1) is 0 Å². The van der Waals surface area contributed by atoms with Crippen molar-refractivity contribution in [2.45, 2.75) is 46.1 Å². The molecule has 0 atom stereocenters. The molecule has 0 aliphatic carbocycles. The minimum atomic E-state index is -4.40. The summed E-state index contributed by atoms with van der Waals surface area (Å²) >= 11 is 0. The standard InChI is InChI=1S/C38H37NO8S2.C7H10N/c1-2-27(23-37-32(15-9-21-48(40,41)42)33-25-30(16-18-35(33)46-37)28-11-5-3-6-12-28)24-38-39(20-10-22-49(43,44)45)34-26-31(17-19-36(34)47-38)29-13-7-4-8-14-29;1-2-8-6-4-3-5-7-8/h3-8,11-14,16-19,23-26H,2,9-10,15,20-22H2,1H3,(H,40,41,42)(H,43,44,45);3-7H,2H2,1H3/q;+1/p-2. The highest BCUT2D eigenvalue weighted by molar-refractivity contribution is 7.85. The fourth-order valence-electron chi connectivity index (χ4n) is 6.64. The summed E-state index contributed by atoms with van der Waals surface area (Å²) in [7, 11) is -8.80. The topological polar surface area (TPSA) is 144 Å². The van der Waals surface area contributed by atoms with Crippen LogP contribution in [0.2, 0.25) is 0 Å². The first-order valence-corrected chi connectivity index (χ1v) is 22.1. The van der Waals surface area contributed by atoms with Crippen molar-refractivity contribution in [3.05, 3.63) is 157 Å². The minimum Gasteiger partial charge on any atom is -0.748 e. The van der Waals surface area contributed by atoms with Crippen molar-refractivity contribution in [3.8, 4) is 28.0 Å². The normalized spacial score (nSPS) is 13.6. The van der Waals surface area contributed by atoms with Gasteiger partial charge in [0.1, 0.15) is 17.9 Å². The van der Waals surface area contributed by atoms with Gasteiger partial charge in [0.15, 0.2) is 18.1 Å². The minimum absolute atomic E-state index is 0.104. The summed E-state index contributed by atoms with van der Waals surface area (Å²) in [6.07, 6.45) is 8.99. The molecule has 3 heterocycles. The van der Waals surface area contributed by atoms with Crippen molar-refractivity contribution < 1.29 is 39.7 Å². The third-order valence-electron chi connectivity index (χ3n) is 9.54. The SMILES string of the molecule is CCC(=Cc1oc2ccc(-c3ccccc3)cc2c1CCCS(=O)(=O)[O-])C=C1Oc2ccc(-c3ccccc3)cc2N1CCCS(=O)(=O)[O-].CC[n+]1ccccc1. The van der Waals surface area contributed by atoms with E-state index in [4.69, 9.17) is 9.15 Å². The maximum absolute atomic E-state index is 11.5. The highest BCUT2D eigenvalue weighted by atomic mass is 32.2. The van der Waals surface area contributed by atoms with Gasteiger partial charge in [0.05, 0.1) is 25.9 Å². The Morgan fingerprint density at radius 2 is 1.32 bits per heavy atom. The van der Waals surface area contributed by atoms with E-state index in [9.17, 15) is 25.9 Å². The number of fused-ring (bicyclic) bond motifs is 2. The monoisotopic (exact) mass is 805 g/mol. The predicted molar refractivity (Wildman–Crippen MR) is 222 cm³/mol. The molecule has 296 valence electrons. The molecule has 1 aliphatic heterocycles. The Hall–Kier alpha value is -5.53. The summed E-state index contributed by atoms with van der Waals surface area (Å²) < 4.78 is 83.5. The van der Waals surface area contributed by atoms with Gasteiger partial charge in [-0.1, -0.05) is 85.8 Å². The Balaban J connectivity index is 0.000000612. The highest BCUT2D eigenvalue weighted by Gasteiger charge is 2.27. The zero-order chi connectivity index (χ0) is 40.4. The molecule has 0 bridgehead atoms. The van der Waals surface area contributed by atoms with Crippen LogP contribution in [0, 0.1) is 0 Å². The van der Waals surface area contributed by atoms with Crippen LogP contribution in [-0.2, 0) is 33.2 Å². The van der Waals surface area contributed by atoms with Crippen LogP contribution >= 0.6 is 0 Å². The first kappa shape index (κ1) is 41.1. The molecule has 0 amide bonds. The molecule has 0 radical (unpaired) electrons. The number of ether oxygens (including phenoxy) is 1. The van der Waals surface area contributed by atoms with E-state index < -0.39 is 31.7 Å². The van der Waals surface area contributed by atoms with E-state index in [1.807, 2.05) is 139 Å². The van der Waals surface area contributed by atoms with Crippen LogP contribution in [0.25, 0.3) is 39.3 Å². The number of aryl methyl sites for hydroxylation is 2. The van der Waals surface area contributed by atoms with E-state index in [0.29, 0.717) is 35.8 Å². The summed E-state index contributed by atoms with van der Waals surface area (Å²) in [4.78, 5) is 1.88. The van der Waals surface area contributed by atoms with Crippen LogP contribution in [-0.4, -0.2) is 44.0 Å². The number of rotatable bonds is 14. The Kier molecular flexibility index (Phi) is 13.4. The van der Waals surface area contributed by atoms with Crippen LogP contribution in [0.15, 0.2) is 150 Å². The van der Waals surface area contributed by atoms with Gasteiger partial charge in [0, 0.05) is 47.2 Å². The molecule has 12 heteroatoms. The Morgan fingerprint density at radius 1 is 0.719 bits per heavy atom. The lowest BCUT2D eigenvalue weighted by Crippen LogP contribution is -2.30. The van der Waals surface area contributed by atoms with Gasteiger partial charge in [0.2, 0.25) is 5.88 Å². The highest BCUT2D eigenvalue weighted by Crippen LogP contribution is 2.42. The summed E-state index contributed by atoms with van der Waals surface area (Å²) in [6, 6.07) is 37.5. The maximum Gasteiger partial charge on any atom is 0.200 e. The second-order valence-electron chi connectivity index (χ2n) is 13.6. The molecule has 0 saturated heterocycles. The molecule has 1 aliphatic rings. The van der Waals surface area contributed by atoms with E-state index in [0.717, 1.165) is 51.0 Å². The van der Waals surface area contributed by atoms with Gasteiger partial charge in [-0.2, -0.15) is 0 Å². The number of aromatic nitrogens is 1. The number of hydrogen-bond acceptors (Lipinski definition) is 9. The Bertz CT molecular complexity index is 2570. The van der Waals surface area contributed by atoms with Gasteiger partial charge in [-0.3, -0.25) is 0 Å². The lowest BCUT2D eigenvalue weighted by Gasteiger charge is -2.20. The van der Waals surface area contributed by atoms with Gasteiger partial charge in [0.25, 0.3) is 0 Å². The fourth-order valence-corrected chi connectivity index (χ4v) is 7.63. The molecule has 0 fully saturated rings. The van der Waals surface area contributed by atoms with E-state index in [1.54, 1.807) is 0 Å². The van der Waals surface area contributed by atoms with Crippen LogP contribution in [0.3, 0.4) is 0 Å². The number of benzene rings is 4. The fraction of sp³-hybridized carbons (Fsp3) is 0.222. The van der Waals surface area contributed by atoms with Crippen LogP contribution in [0.5, 0.6) is 5.75 Å². The van der Waals surface area contributed by atoms with Gasteiger partial charge >= 0.3 is 0 Å². The molecule has 4 aromatic carbocycles. The molecule has 0 spiro atoms. The van der Waals surface area contributed by atoms with Crippen LogP contribution in [0.4, 0.5) is 5.69 Å². The van der Waals surface area contributed by atoms with Crippen molar-refractivity contribution in [1.29, 1.82) is 0 Å². The first-order chi connectivity index (χ1) is 27.4. The molecule has 6 aromatic rings. The predicted octanol–water partition coefficient (Wildman–Crippen LogP) is 8.71. The van der Waals surface area contributed by atoms with E-state index >= 15 is 0 Å². The smallest absolute Gasteiger partial charge is 0.200 e. The van der Waals surface area contributed by atoms with E-state index in [-0.39, 0.29) is 19.4 Å². The number of pyridine rings is 1. The van der Waals surface area contributed by atoms with Gasteiger partial charge in [-0.25, -0.2) is 21.4 Å². The average Bonchev–Trinajstić information content (AvgIpc) is 3.73. The van der Waals surface area contributed by atoms with E-state index in [1.165, 1.54) is 0 Å². The lowest BCUT2D eigenvalue weighted by molar-refractivity contribution is -0.693. The van der Waals surface area contributed by atoms with Crippen molar-refractivity contribution in [2.75, 3.05) is 23.0 Å². The maximum atomic E-state index is 11.5. The van der Waals surface area contributed by atoms with Crippen LogP contribution < -0.4 is 14.2 Å². The molecular weight excluding hydrogens is 761 g/mol. The number of hydrogen-bond donors (Lipinski definition) is 0. The molecule has 7 rings (SSSR count). The average molecular weight is 806 g/mol. The third-order valence-corrected chi connectivity index (χ3v) is 11.1. The Morgan fingerprint density at radius 3 is 1.91 bits per heavy atom. The number of nitrogens with zero attached hydrogens (tertiary/aromatic N) is 2.